The molecule has 0 heterocycles. The lowest BCUT2D eigenvalue weighted by atomic mass is 10.3. The second-order valence-electron chi connectivity index (χ2n) is 3.40. The minimum absolute atomic E-state index is 0.0712. The van der Waals surface area contributed by atoms with Crippen LogP contribution in [0.3, 0.4) is 0 Å². The van der Waals surface area contributed by atoms with Crippen LogP contribution in [0, 0.1) is 5.82 Å². The number of para-hydroxylation sites is 1. The smallest absolute Gasteiger partial charge is 0.279 e. The van der Waals surface area contributed by atoms with E-state index in [0.717, 1.165) is 0 Å². The Labute approximate surface area is 98.4 Å². The van der Waals surface area contributed by atoms with Crippen LogP contribution in [0.1, 0.15) is 0 Å². The summed E-state index contributed by atoms with van der Waals surface area (Å²) in [5.41, 5.74) is 0.144. The van der Waals surface area contributed by atoms with Crippen molar-refractivity contribution in [3.63, 3.8) is 0 Å². The molecule has 0 aliphatic rings. The minimum Gasteiger partial charge on any atom is -0.354 e. The van der Waals surface area contributed by atoms with E-state index in [0.29, 0.717) is 0 Å². The molecule has 1 aromatic rings. The van der Waals surface area contributed by atoms with Crippen LogP contribution in [0.4, 0.5) is 10.1 Å². The van der Waals surface area contributed by atoms with Gasteiger partial charge in [-0.25, -0.2) is 4.39 Å². The molecule has 4 N–H and O–H groups in total. The van der Waals surface area contributed by atoms with Gasteiger partial charge in [0.25, 0.3) is 11.8 Å². The van der Waals surface area contributed by atoms with Crippen LogP contribution in [0.25, 0.3) is 0 Å². The standard InChI is InChI=1S/C11H14FN3O2/c1-13-10(16)6-14-7-11(17)15-9-5-3-2-4-8(9)12/h2-5,14H,6-7H2,1H3,(H,13,16)(H,15,17)/p+1. The summed E-state index contributed by atoms with van der Waals surface area (Å²) >= 11 is 0. The topological polar surface area (TPSA) is 74.8 Å². The minimum atomic E-state index is -0.479. The van der Waals surface area contributed by atoms with Gasteiger partial charge in [-0.15, -0.1) is 0 Å². The molecule has 0 fully saturated rings. The van der Waals surface area contributed by atoms with Crippen LogP contribution in [-0.4, -0.2) is 32.0 Å². The van der Waals surface area contributed by atoms with Crippen molar-refractivity contribution in [1.82, 2.24) is 5.32 Å². The van der Waals surface area contributed by atoms with Crippen molar-refractivity contribution in [1.29, 1.82) is 0 Å². The zero-order valence-corrected chi connectivity index (χ0v) is 9.50. The lowest BCUT2D eigenvalue weighted by Gasteiger charge is -2.05. The third-order valence-corrected chi connectivity index (χ3v) is 2.09. The molecule has 1 rings (SSSR count). The molecular weight excluding hydrogens is 225 g/mol. The zero-order valence-electron chi connectivity index (χ0n) is 9.50. The van der Waals surface area contributed by atoms with Crippen molar-refractivity contribution in [2.75, 3.05) is 25.5 Å². The van der Waals surface area contributed by atoms with Crippen molar-refractivity contribution in [3.8, 4) is 0 Å². The normalized spacial score (nSPS) is 9.76. The van der Waals surface area contributed by atoms with E-state index in [-0.39, 0.29) is 30.6 Å². The van der Waals surface area contributed by atoms with Gasteiger partial charge in [-0.05, 0) is 12.1 Å². The Balaban J connectivity index is 2.35. The third-order valence-electron chi connectivity index (χ3n) is 2.09. The van der Waals surface area contributed by atoms with Crippen molar-refractivity contribution in [2.24, 2.45) is 0 Å². The zero-order chi connectivity index (χ0) is 12.7. The lowest BCUT2D eigenvalue weighted by molar-refractivity contribution is -0.632. The van der Waals surface area contributed by atoms with Gasteiger partial charge in [-0.1, -0.05) is 12.1 Å². The van der Waals surface area contributed by atoms with Crippen LogP contribution >= 0.6 is 0 Å². The Morgan fingerprint density at radius 1 is 1.24 bits per heavy atom. The van der Waals surface area contributed by atoms with Crippen molar-refractivity contribution in [2.45, 2.75) is 0 Å². The molecule has 0 aliphatic heterocycles. The van der Waals surface area contributed by atoms with Gasteiger partial charge in [0.1, 0.15) is 5.82 Å². The quantitative estimate of drug-likeness (QED) is 0.622. The molecule has 0 unspecified atom stereocenters. The Morgan fingerprint density at radius 2 is 1.88 bits per heavy atom. The van der Waals surface area contributed by atoms with Gasteiger partial charge in [0.15, 0.2) is 13.1 Å². The number of rotatable bonds is 5. The van der Waals surface area contributed by atoms with Gasteiger partial charge in [-0.3, -0.25) is 9.59 Å². The average Bonchev–Trinajstić information content (AvgIpc) is 2.32. The Kier molecular flexibility index (Phi) is 5.09. The number of halogens is 1. The summed E-state index contributed by atoms with van der Waals surface area (Å²) in [6.45, 7) is 0.239. The van der Waals surface area contributed by atoms with E-state index in [2.05, 4.69) is 10.6 Å². The summed E-state index contributed by atoms with van der Waals surface area (Å²) in [5, 5.41) is 6.40. The molecule has 2 amide bonds. The number of benzene rings is 1. The summed E-state index contributed by atoms with van der Waals surface area (Å²) in [6.07, 6.45) is 0. The summed E-state index contributed by atoms with van der Waals surface area (Å²) in [6, 6.07) is 5.92. The number of carbonyl (C=O) groups excluding carboxylic acids is 2. The van der Waals surface area contributed by atoms with E-state index in [1.54, 1.807) is 12.1 Å². The first-order valence-electron chi connectivity index (χ1n) is 5.20. The highest BCUT2D eigenvalue weighted by Gasteiger charge is 2.08. The number of likely N-dealkylation sites (N-methyl/N-ethyl adjacent to an activating group) is 1. The fraction of sp³-hybridized carbons (Fsp3) is 0.273. The maximum atomic E-state index is 13.2. The van der Waals surface area contributed by atoms with E-state index >= 15 is 0 Å². The highest BCUT2D eigenvalue weighted by atomic mass is 19.1. The van der Waals surface area contributed by atoms with Crippen LogP contribution in [0.15, 0.2) is 24.3 Å². The third kappa shape index (κ3) is 4.60. The highest BCUT2D eigenvalue weighted by Crippen LogP contribution is 2.11. The second kappa shape index (κ2) is 6.59. The summed E-state index contributed by atoms with van der Waals surface area (Å²) in [5.74, 6) is -0.991. The molecule has 6 heteroatoms. The molecule has 0 saturated heterocycles. The SMILES string of the molecule is CNC(=O)C[NH2+]CC(=O)Nc1ccccc1F. The number of anilines is 1. The molecule has 0 saturated carbocycles. The molecule has 92 valence electrons. The van der Waals surface area contributed by atoms with Crippen molar-refractivity contribution >= 4 is 17.5 Å². The van der Waals surface area contributed by atoms with E-state index < -0.39 is 5.82 Å². The first-order valence-corrected chi connectivity index (χ1v) is 5.20. The molecule has 0 bridgehead atoms. The number of nitrogens with one attached hydrogen (secondary N) is 2. The maximum absolute atomic E-state index is 13.2. The Bertz CT molecular complexity index is 409. The highest BCUT2D eigenvalue weighted by molar-refractivity contribution is 5.91. The van der Waals surface area contributed by atoms with Crippen molar-refractivity contribution < 1.29 is 19.3 Å². The number of quaternary nitrogens is 1. The van der Waals surface area contributed by atoms with Gasteiger partial charge in [0, 0.05) is 7.05 Å². The molecule has 17 heavy (non-hydrogen) atoms. The van der Waals surface area contributed by atoms with Crippen LogP contribution in [0.5, 0.6) is 0 Å². The van der Waals surface area contributed by atoms with Gasteiger partial charge in [-0.2, -0.15) is 0 Å². The van der Waals surface area contributed by atoms with E-state index in [9.17, 15) is 14.0 Å². The fourth-order valence-corrected chi connectivity index (χ4v) is 1.20. The van der Waals surface area contributed by atoms with Gasteiger partial charge >= 0.3 is 0 Å². The molecule has 0 atom stereocenters. The number of hydrogen-bond donors (Lipinski definition) is 3. The first kappa shape index (κ1) is 13.1. The van der Waals surface area contributed by atoms with Gasteiger partial charge in [0.2, 0.25) is 0 Å². The van der Waals surface area contributed by atoms with E-state index in [1.165, 1.54) is 24.5 Å². The van der Waals surface area contributed by atoms with Crippen LogP contribution in [-0.2, 0) is 9.59 Å². The summed E-state index contributed by atoms with van der Waals surface area (Å²) in [7, 11) is 1.52. The number of nitrogens with two attached hydrogens (primary N) is 1. The predicted octanol–water partition coefficient (Wildman–Crippen LogP) is -0.926. The lowest BCUT2D eigenvalue weighted by Crippen LogP contribution is -2.88. The van der Waals surface area contributed by atoms with Crippen LogP contribution < -0.4 is 16.0 Å². The Hall–Kier alpha value is -1.95. The number of hydrogen-bond acceptors (Lipinski definition) is 2. The summed E-state index contributed by atoms with van der Waals surface area (Å²) < 4.78 is 13.2. The largest absolute Gasteiger partial charge is 0.354 e. The molecule has 0 aliphatic carbocycles. The second-order valence-corrected chi connectivity index (χ2v) is 3.40. The summed E-state index contributed by atoms with van der Waals surface area (Å²) in [4.78, 5) is 22.3. The molecule has 5 nitrogen and oxygen atoms in total. The van der Waals surface area contributed by atoms with E-state index in [1.807, 2.05) is 0 Å². The number of amides is 2. The molecular formula is C11H15FN3O2+. The fourth-order valence-electron chi connectivity index (χ4n) is 1.20. The maximum Gasteiger partial charge on any atom is 0.279 e. The van der Waals surface area contributed by atoms with Crippen LogP contribution in [0.2, 0.25) is 0 Å². The molecule has 0 radical (unpaired) electrons. The van der Waals surface area contributed by atoms with Gasteiger partial charge in [0.05, 0.1) is 5.69 Å². The van der Waals surface area contributed by atoms with Gasteiger partial charge < -0.3 is 16.0 Å². The van der Waals surface area contributed by atoms with E-state index in [4.69, 9.17) is 0 Å². The average molecular weight is 240 g/mol. The molecule has 1 aromatic carbocycles. The number of carbonyl (C=O) groups is 2. The monoisotopic (exact) mass is 240 g/mol. The van der Waals surface area contributed by atoms with Crippen molar-refractivity contribution in [3.05, 3.63) is 30.1 Å². The Morgan fingerprint density at radius 3 is 2.53 bits per heavy atom. The molecule has 0 aromatic heterocycles. The first-order chi connectivity index (χ1) is 8.13. The predicted molar refractivity (Wildman–Crippen MR) is 60.8 cm³/mol. The molecule has 0 spiro atoms.